The summed E-state index contributed by atoms with van der Waals surface area (Å²) in [5.74, 6) is 0. The van der Waals surface area contributed by atoms with E-state index in [0.717, 1.165) is 11.0 Å². The molecule has 2 heterocycles. The first kappa shape index (κ1) is 10.2. The van der Waals surface area contributed by atoms with Crippen molar-refractivity contribution in [3.8, 4) is 6.07 Å². The van der Waals surface area contributed by atoms with Crippen LogP contribution in [0.2, 0.25) is 0 Å². The highest BCUT2D eigenvalue weighted by molar-refractivity contribution is 5.85. The Kier molecular flexibility index (Phi) is 2.25. The Morgan fingerprint density at radius 1 is 1.41 bits per heavy atom. The number of nitrogens with two attached hydrogens (primary N) is 1. The van der Waals surface area contributed by atoms with Crippen LogP contribution in [0.5, 0.6) is 0 Å². The molecule has 0 bridgehead atoms. The lowest BCUT2D eigenvalue weighted by Gasteiger charge is -2.12. The lowest BCUT2D eigenvalue weighted by molar-refractivity contribution is 0.532. The van der Waals surface area contributed by atoms with Crippen LogP contribution in [0.1, 0.15) is 37.3 Å². The second kappa shape index (κ2) is 3.77. The minimum atomic E-state index is 0.496. The highest BCUT2D eigenvalue weighted by Gasteiger charge is 2.20. The topological polar surface area (TPSA) is 67.6 Å². The first-order chi connectivity index (χ1) is 8.29. The zero-order valence-electron chi connectivity index (χ0n) is 9.56. The molecule has 0 spiro atoms. The normalized spacial score (nSPS) is 16.4. The Labute approximate surface area is 99.7 Å². The van der Waals surface area contributed by atoms with Crippen molar-refractivity contribution in [1.82, 2.24) is 9.55 Å². The minimum Gasteiger partial charge on any atom is -0.397 e. The maximum Gasteiger partial charge on any atom is 0.141 e. The smallest absolute Gasteiger partial charge is 0.141 e. The summed E-state index contributed by atoms with van der Waals surface area (Å²) in [5.41, 5.74) is 7.90. The Morgan fingerprint density at radius 2 is 2.18 bits per heavy atom. The van der Waals surface area contributed by atoms with Crippen LogP contribution in [0.3, 0.4) is 0 Å². The zero-order valence-corrected chi connectivity index (χ0v) is 9.56. The predicted octanol–water partition coefficient (Wildman–Crippen LogP) is 2.61. The third-order valence-corrected chi connectivity index (χ3v) is 3.53. The number of hydrogen-bond acceptors (Lipinski definition) is 3. The van der Waals surface area contributed by atoms with Gasteiger partial charge in [-0.05, 0) is 18.9 Å². The van der Waals surface area contributed by atoms with Crippen LogP contribution in [-0.2, 0) is 0 Å². The molecule has 1 aliphatic rings. The van der Waals surface area contributed by atoms with Gasteiger partial charge in [-0.2, -0.15) is 5.26 Å². The molecule has 17 heavy (non-hydrogen) atoms. The monoisotopic (exact) mass is 226 g/mol. The van der Waals surface area contributed by atoms with E-state index in [1.165, 1.54) is 25.7 Å². The summed E-state index contributed by atoms with van der Waals surface area (Å²) in [5, 5.41) is 10.0. The fourth-order valence-corrected chi connectivity index (χ4v) is 2.70. The van der Waals surface area contributed by atoms with Gasteiger partial charge in [0.2, 0.25) is 0 Å². The van der Waals surface area contributed by atoms with E-state index in [1.54, 1.807) is 6.20 Å². The van der Waals surface area contributed by atoms with Gasteiger partial charge in [0, 0.05) is 17.6 Å². The third kappa shape index (κ3) is 1.55. The van der Waals surface area contributed by atoms with Crippen molar-refractivity contribution in [2.75, 3.05) is 5.73 Å². The van der Waals surface area contributed by atoms with E-state index in [0.29, 0.717) is 17.3 Å². The molecule has 1 fully saturated rings. The van der Waals surface area contributed by atoms with Crippen molar-refractivity contribution < 1.29 is 0 Å². The molecule has 0 aliphatic heterocycles. The minimum absolute atomic E-state index is 0.496. The molecule has 0 atom stereocenters. The molecule has 4 nitrogen and oxygen atoms in total. The highest BCUT2D eigenvalue weighted by atomic mass is 15.1. The summed E-state index contributed by atoms with van der Waals surface area (Å²) in [7, 11) is 0. The maximum atomic E-state index is 9.15. The summed E-state index contributed by atoms with van der Waals surface area (Å²) in [4.78, 5) is 4.38. The number of rotatable bonds is 1. The van der Waals surface area contributed by atoms with Crippen LogP contribution >= 0.6 is 0 Å². The van der Waals surface area contributed by atoms with Gasteiger partial charge in [0.25, 0.3) is 0 Å². The van der Waals surface area contributed by atoms with E-state index in [9.17, 15) is 0 Å². The molecule has 86 valence electrons. The molecule has 3 rings (SSSR count). The van der Waals surface area contributed by atoms with Gasteiger partial charge in [-0.15, -0.1) is 0 Å². The average Bonchev–Trinajstić information content (AvgIpc) is 2.94. The van der Waals surface area contributed by atoms with Crippen LogP contribution in [0.4, 0.5) is 5.69 Å². The van der Waals surface area contributed by atoms with Crippen molar-refractivity contribution in [1.29, 1.82) is 5.26 Å². The van der Waals surface area contributed by atoms with E-state index in [4.69, 9.17) is 11.0 Å². The zero-order chi connectivity index (χ0) is 11.8. The fraction of sp³-hybridized carbons (Fsp3) is 0.385. The molecular formula is C13H14N4. The second-order valence-electron chi connectivity index (χ2n) is 4.64. The number of aromatic nitrogens is 2. The van der Waals surface area contributed by atoms with Crippen LogP contribution < -0.4 is 5.73 Å². The molecule has 1 saturated carbocycles. The van der Waals surface area contributed by atoms with Gasteiger partial charge in [0.05, 0.1) is 17.4 Å². The molecule has 4 heteroatoms. The number of pyridine rings is 1. The summed E-state index contributed by atoms with van der Waals surface area (Å²) >= 11 is 0. The molecule has 2 aromatic heterocycles. The largest absolute Gasteiger partial charge is 0.397 e. The Morgan fingerprint density at radius 3 is 2.88 bits per heavy atom. The van der Waals surface area contributed by atoms with Gasteiger partial charge < -0.3 is 10.3 Å². The first-order valence-electron chi connectivity index (χ1n) is 5.96. The summed E-state index contributed by atoms with van der Waals surface area (Å²) in [6.07, 6.45) is 8.48. The van der Waals surface area contributed by atoms with Gasteiger partial charge in [-0.3, -0.25) is 0 Å². The molecule has 0 unspecified atom stereocenters. The van der Waals surface area contributed by atoms with Crippen LogP contribution in [0.15, 0.2) is 18.5 Å². The van der Waals surface area contributed by atoms with Gasteiger partial charge in [0.15, 0.2) is 0 Å². The number of fused-ring (bicyclic) bond motifs is 1. The SMILES string of the molecule is N#Cc1cn(C2CCCC2)c2ncc(N)cc12. The standard InChI is InChI=1S/C13H14N4/c14-6-9-8-17(11-3-1-2-4-11)13-12(9)5-10(15)7-16-13/h5,7-8,11H,1-4,15H2. The predicted molar refractivity (Wildman–Crippen MR) is 66.4 cm³/mol. The van der Waals surface area contributed by atoms with E-state index in [-0.39, 0.29) is 0 Å². The van der Waals surface area contributed by atoms with E-state index >= 15 is 0 Å². The van der Waals surface area contributed by atoms with Gasteiger partial charge in [-0.1, -0.05) is 12.8 Å². The van der Waals surface area contributed by atoms with Crippen LogP contribution in [-0.4, -0.2) is 9.55 Å². The molecule has 0 saturated heterocycles. The number of anilines is 1. The summed E-state index contributed by atoms with van der Waals surface area (Å²) in [6, 6.07) is 4.56. The van der Waals surface area contributed by atoms with Crippen molar-refractivity contribution >= 4 is 16.7 Å². The van der Waals surface area contributed by atoms with Gasteiger partial charge >= 0.3 is 0 Å². The van der Waals surface area contributed by atoms with E-state index in [1.807, 2.05) is 12.3 Å². The fourth-order valence-electron chi connectivity index (χ4n) is 2.70. The van der Waals surface area contributed by atoms with E-state index in [2.05, 4.69) is 15.6 Å². The van der Waals surface area contributed by atoms with Crippen molar-refractivity contribution in [3.63, 3.8) is 0 Å². The van der Waals surface area contributed by atoms with Gasteiger partial charge in [-0.25, -0.2) is 4.98 Å². The molecule has 2 aromatic rings. The number of nitriles is 1. The Balaban J connectivity index is 2.22. The van der Waals surface area contributed by atoms with Gasteiger partial charge in [0.1, 0.15) is 11.7 Å². The number of nitrogen functional groups attached to an aromatic ring is 1. The second-order valence-corrected chi connectivity index (χ2v) is 4.64. The van der Waals surface area contributed by atoms with Crippen molar-refractivity contribution in [2.45, 2.75) is 31.7 Å². The lowest BCUT2D eigenvalue weighted by Crippen LogP contribution is -2.03. The third-order valence-electron chi connectivity index (χ3n) is 3.53. The first-order valence-corrected chi connectivity index (χ1v) is 5.96. The molecule has 0 aromatic carbocycles. The van der Waals surface area contributed by atoms with Crippen molar-refractivity contribution in [2.24, 2.45) is 0 Å². The quantitative estimate of drug-likeness (QED) is 0.812. The molecule has 0 amide bonds. The Bertz CT molecular complexity index is 600. The van der Waals surface area contributed by atoms with Crippen molar-refractivity contribution in [3.05, 3.63) is 24.0 Å². The average molecular weight is 226 g/mol. The number of nitrogens with zero attached hydrogens (tertiary/aromatic N) is 3. The summed E-state index contributed by atoms with van der Waals surface area (Å²) < 4.78 is 2.15. The maximum absolute atomic E-state index is 9.15. The molecular weight excluding hydrogens is 212 g/mol. The summed E-state index contributed by atoms with van der Waals surface area (Å²) in [6.45, 7) is 0. The van der Waals surface area contributed by atoms with Crippen LogP contribution in [0.25, 0.3) is 11.0 Å². The molecule has 2 N–H and O–H groups in total. The molecule has 0 radical (unpaired) electrons. The number of hydrogen-bond donors (Lipinski definition) is 1. The Hall–Kier alpha value is -2.02. The highest BCUT2D eigenvalue weighted by Crippen LogP contribution is 2.33. The van der Waals surface area contributed by atoms with Crippen LogP contribution in [0, 0.1) is 11.3 Å². The molecule has 1 aliphatic carbocycles. The van der Waals surface area contributed by atoms with E-state index < -0.39 is 0 Å². The lowest BCUT2D eigenvalue weighted by atomic mass is 10.2.